The van der Waals surface area contributed by atoms with E-state index >= 15 is 0 Å². The van der Waals surface area contributed by atoms with Gasteiger partial charge in [-0.25, -0.2) is 0 Å². The Kier molecular flexibility index (Phi) is 5.49. The van der Waals surface area contributed by atoms with Gasteiger partial charge in [0.2, 0.25) is 0 Å². The predicted octanol–water partition coefficient (Wildman–Crippen LogP) is 3.61. The minimum atomic E-state index is 0.0979. The Labute approximate surface area is 113 Å². The summed E-state index contributed by atoms with van der Waals surface area (Å²) >= 11 is 6.76. The molecule has 16 heavy (non-hydrogen) atoms. The minimum Gasteiger partial charge on any atom is -0.338 e. The third kappa shape index (κ3) is 3.32. The first kappa shape index (κ1) is 13.7. The molecule has 0 bridgehead atoms. The molecule has 4 heteroatoms. The molecule has 0 unspecified atom stereocenters. The molecule has 0 heterocycles. The zero-order valence-corrected chi connectivity index (χ0v) is 12.6. The molecule has 88 valence electrons. The first-order chi connectivity index (χ1) is 7.60. The Morgan fingerprint density at radius 1 is 1.44 bits per heavy atom. The highest BCUT2D eigenvalue weighted by Gasteiger charge is 2.15. The second-order valence-electron chi connectivity index (χ2n) is 3.53. The molecular formula is C12H15Br2NO. The van der Waals surface area contributed by atoms with Crippen LogP contribution in [0.25, 0.3) is 0 Å². The van der Waals surface area contributed by atoms with Gasteiger partial charge in [0.15, 0.2) is 0 Å². The van der Waals surface area contributed by atoms with Gasteiger partial charge in [-0.3, -0.25) is 4.79 Å². The number of hydrogen-bond acceptors (Lipinski definition) is 1. The topological polar surface area (TPSA) is 20.3 Å². The molecule has 0 N–H and O–H groups in total. The summed E-state index contributed by atoms with van der Waals surface area (Å²) in [6, 6.07) is 5.79. The minimum absolute atomic E-state index is 0.0979. The van der Waals surface area contributed by atoms with Crippen molar-refractivity contribution in [3.8, 4) is 0 Å². The van der Waals surface area contributed by atoms with Gasteiger partial charge in [0.05, 0.1) is 0 Å². The van der Waals surface area contributed by atoms with Crippen molar-refractivity contribution < 1.29 is 4.79 Å². The van der Waals surface area contributed by atoms with E-state index in [0.29, 0.717) is 0 Å². The van der Waals surface area contributed by atoms with Gasteiger partial charge in [-0.05, 0) is 31.5 Å². The van der Waals surface area contributed by atoms with Crippen LogP contribution in [0.3, 0.4) is 0 Å². The second kappa shape index (κ2) is 6.40. The summed E-state index contributed by atoms with van der Waals surface area (Å²) in [7, 11) is 0. The number of carbonyl (C=O) groups is 1. The Balaban J connectivity index is 2.98. The van der Waals surface area contributed by atoms with Crippen LogP contribution in [0.5, 0.6) is 0 Å². The van der Waals surface area contributed by atoms with Crippen LogP contribution in [0.2, 0.25) is 0 Å². The molecule has 0 aliphatic heterocycles. The first-order valence-corrected chi connectivity index (χ1v) is 7.13. The summed E-state index contributed by atoms with van der Waals surface area (Å²) in [5, 5.41) is 0.805. The van der Waals surface area contributed by atoms with Crippen molar-refractivity contribution in [2.24, 2.45) is 0 Å². The highest BCUT2D eigenvalue weighted by atomic mass is 79.9. The molecule has 0 aromatic heterocycles. The van der Waals surface area contributed by atoms with Gasteiger partial charge >= 0.3 is 0 Å². The number of benzene rings is 1. The maximum absolute atomic E-state index is 12.2. The van der Waals surface area contributed by atoms with Crippen molar-refractivity contribution in [3.05, 3.63) is 33.8 Å². The number of alkyl halides is 1. The molecule has 1 rings (SSSR count). The summed E-state index contributed by atoms with van der Waals surface area (Å²) in [6.45, 7) is 5.42. The monoisotopic (exact) mass is 347 g/mol. The quantitative estimate of drug-likeness (QED) is 0.761. The molecule has 0 fully saturated rings. The molecule has 0 aliphatic rings. The molecule has 0 atom stereocenters. The van der Waals surface area contributed by atoms with Crippen LogP contribution in [0.1, 0.15) is 22.8 Å². The number of amides is 1. The Bertz CT molecular complexity index is 379. The average molecular weight is 349 g/mol. The normalized spacial score (nSPS) is 10.2. The van der Waals surface area contributed by atoms with Gasteiger partial charge in [0, 0.05) is 28.5 Å². The van der Waals surface area contributed by atoms with Crippen molar-refractivity contribution in [1.29, 1.82) is 0 Å². The third-order valence-corrected chi connectivity index (χ3v) is 3.30. The maximum Gasteiger partial charge on any atom is 0.254 e. The Morgan fingerprint density at radius 2 is 2.12 bits per heavy atom. The Hall–Kier alpha value is -0.350. The van der Waals surface area contributed by atoms with E-state index in [0.717, 1.165) is 34.0 Å². The lowest BCUT2D eigenvalue weighted by atomic mass is 10.1. The highest BCUT2D eigenvalue weighted by Crippen LogP contribution is 2.17. The summed E-state index contributed by atoms with van der Waals surface area (Å²) in [5.41, 5.74) is 1.79. The van der Waals surface area contributed by atoms with Crippen LogP contribution in [0.4, 0.5) is 0 Å². The Morgan fingerprint density at radius 3 is 2.69 bits per heavy atom. The van der Waals surface area contributed by atoms with Crippen LogP contribution in [-0.4, -0.2) is 29.2 Å². The molecule has 0 radical (unpaired) electrons. The predicted molar refractivity (Wildman–Crippen MR) is 74.3 cm³/mol. The zero-order chi connectivity index (χ0) is 12.1. The fourth-order valence-electron chi connectivity index (χ4n) is 1.50. The summed E-state index contributed by atoms with van der Waals surface area (Å²) in [4.78, 5) is 14.1. The van der Waals surface area contributed by atoms with E-state index in [4.69, 9.17) is 0 Å². The third-order valence-electron chi connectivity index (χ3n) is 2.45. The summed E-state index contributed by atoms with van der Waals surface area (Å²) in [6.07, 6.45) is 0. The molecule has 1 aromatic carbocycles. The van der Waals surface area contributed by atoms with E-state index in [9.17, 15) is 4.79 Å². The van der Waals surface area contributed by atoms with Gasteiger partial charge in [0.1, 0.15) is 0 Å². The largest absolute Gasteiger partial charge is 0.338 e. The molecule has 1 amide bonds. The molecule has 0 spiro atoms. The molecule has 1 aromatic rings. The van der Waals surface area contributed by atoms with Gasteiger partial charge in [0.25, 0.3) is 5.91 Å². The summed E-state index contributed by atoms with van der Waals surface area (Å²) < 4.78 is 0.941. The van der Waals surface area contributed by atoms with Crippen LogP contribution in [0.15, 0.2) is 22.7 Å². The van der Waals surface area contributed by atoms with E-state index in [1.807, 2.05) is 36.9 Å². The van der Waals surface area contributed by atoms with Gasteiger partial charge in [-0.1, -0.05) is 37.9 Å². The van der Waals surface area contributed by atoms with E-state index in [1.54, 1.807) is 0 Å². The lowest BCUT2D eigenvalue weighted by molar-refractivity contribution is 0.0774. The van der Waals surface area contributed by atoms with Gasteiger partial charge in [-0.2, -0.15) is 0 Å². The lowest BCUT2D eigenvalue weighted by Gasteiger charge is -2.20. The number of aryl methyl sites for hydroxylation is 1. The van der Waals surface area contributed by atoms with Crippen molar-refractivity contribution in [1.82, 2.24) is 4.90 Å². The van der Waals surface area contributed by atoms with E-state index in [2.05, 4.69) is 31.9 Å². The number of rotatable bonds is 4. The molecule has 2 nitrogen and oxygen atoms in total. The molecule has 0 saturated heterocycles. The van der Waals surface area contributed by atoms with Crippen LogP contribution >= 0.6 is 31.9 Å². The first-order valence-electron chi connectivity index (χ1n) is 5.21. The smallest absolute Gasteiger partial charge is 0.254 e. The summed E-state index contributed by atoms with van der Waals surface area (Å²) in [5.74, 6) is 0.0979. The van der Waals surface area contributed by atoms with Crippen molar-refractivity contribution in [2.75, 3.05) is 18.4 Å². The van der Waals surface area contributed by atoms with Crippen molar-refractivity contribution in [3.63, 3.8) is 0 Å². The molecule has 0 saturated carbocycles. The van der Waals surface area contributed by atoms with Crippen LogP contribution in [-0.2, 0) is 0 Å². The van der Waals surface area contributed by atoms with E-state index < -0.39 is 0 Å². The number of carbonyl (C=O) groups excluding carboxylic acids is 1. The SMILES string of the molecule is CCN(CCBr)C(=O)c1cc(Br)ccc1C. The lowest BCUT2D eigenvalue weighted by Crippen LogP contribution is -2.32. The van der Waals surface area contributed by atoms with E-state index in [1.165, 1.54) is 0 Å². The fraction of sp³-hybridized carbons (Fsp3) is 0.417. The average Bonchev–Trinajstić information content (AvgIpc) is 2.28. The molecular weight excluding hydrogens is 334 g/mol. The van der Waals surface area contributed by atoms with Gasteiger partial charge < -0.3 is 4.90 Å². The second-order valence-corrected chi connectivity index (χ2v) is 5.24. The number of halogens is 2. The maximum atomic E-state index is 12.2. The fourth-order valence-corrected chi connectivity index (χ4v) is 2.29. The van der Waals surface area contributed by atoms with E-state index in [-0.39, 0.29) is 5.91 Å². The zero-order valence-electron chi connectivity index (χ0n) is 9.46. The van der Waals surface area contributed by atoms with Crippen LogP contribution in [0, 0.1) is 6.92 Å². The van der Waals surface area contributed by atoms with Crippen molar-refractivity contribution >= 4 is 37.8 Å². The highest BCUT2D eigenvalue weighted by molar-refractivity contribution is 9.10. The van der Waals surface area contributed by atoms with Crippen LogP contribution < -0.4 is 0 Å². The van der Waals surface area contributed by atoms with Crippen molar-refractivity contribution in [2.45, 2.75) is 13.8 Å². The molecule has 0 aliphatic carbocycles. The number of nitrogens with zero attached hydrogens (tertiary/aromatic N) is 1. The number of hydrogen-bond donors (Lipinski definition) is 0. The van der Waals surface area contributed by atoms with Gasteiger partial charge in [-0.15, -0.1) is 0 Å². The standard InChI is InChI=1S/C12H15Br2NO/c1-3-15(7-6-13)12(16)11-8-10(14)5-4-9(11)2/h4-5,8H,3,6-7H2,1-2H3.